The Labute approximate surface area is 228 Å². The summed E-state index contributed by atoms with van der Waals surface area (Å²) in [6.45, 7) is 9.45. The van der Waals surface area contributed by atoms with Crippen molar-refractivity contribution in [2.24, 2.45) is 0 Å². The Bertz CT molecular complexity index is 1280. The maximum Gasteiger partial charge on any atom is 0.150 e. The molecule has 0 amide bonds. The van der Waals surface area contributed by atoms with Gasteiger partial charge in [0.05, 0.1) is 5.02 Å². The molecule has 0 atom stereocenters. The average Bonchev–Trinajstić information content (AvgIpc) is 2.89. The van der Waals surface area contributed by atoms with Gasteiger partial charge in [0, 0.05) is 25.2 Å². The molecule has 194 valence electrons. The van der Waals surface area contributed by atoms with Crippen molar-refractivity contribution < 1.29 is 14.1 Å². The van der Waals surface area contributed by atoms with Crippen LogP contribution in [0.25, 0.3) is 17.2 Å². The van der Waals surface area contributed by atoms with Crippen LogP contribution < -0.4 is 4.74 Å². The molecule has 0 spiro atoms. The topological polar surface area (TPSA) is 52.6 Å². The number of carbonyl (C=O) groups excluding carboxylic acids is 1. The highest BCUT2D eigenvalue weighted by atomic mass is 35.5. The lowest BCUT2D eigenvalue weighted by Gasteiger charge is -2.27. The fraction of sp³-hybridized carbons (Fsp3) is 0.323. The van der Waals surface area contributed by atoms with Crippen LogP contribution in [0.3, 0.4) is 0 Å². The molecular weight excluding hydrogens is 502 g/mol. The molecule has 0 radical (unpaired) electrons. The number of ether oxygens (including phenoxy) is 1. The number of nitrogens with zero attached hydrogens (tertiary/aromatic N) is 1. The third-order valence-corrected chi connectivity index (χ3v) is 8.69. The lowest BCUT2D eigenvalue weighted by molar-refractivity contribution is 0.112. The van der Waals surface area contributed by atoms with Gasteiger partial charge in [-0.25, -0.2) is 0 Å². The van der Waals surface area contributed by atoms with Crippen molar-refractivity contribution >= 4 is 35.1 Å². The average molecular weight is 536 g/mol. The molecule has 1 aliphatic rings. The third-order valence-electron chi connectivity index (χ3n) is 7.12. The Morgan fingerprint density at radius 2 is 1.70 bits per heavy atom. The van der Waals surface area contributed by atoms with Gasteiger partial charge < -0.3 is 9.29 Å². The first-order valence-corrected chi connectivity index (χ1v) is 14.5. The smallest absolute Gasteiger partial charge is 0.150 e. The van der Waals surface area contributed by atoms with Gasteiger partial charge >= 0.3 is 0 Å². The molecular formula is C31H34ClNO3S. The molecule has 37 heavy (non-hydrogen) atoms. The van der Waals surface area contributed by atoms with E-state index in [9.17, 15) is 9.35 Å². The number of halogens is 1. The third kappa shape index (κ3) is 6.85. The molecule has 1 fully saturated rings. The van der Waals surface area contributed by atoms with E-state index in [-0.39, 0.29) is 0 Å². The van der Waals surface area contributed by atoms with Gasteiger partial charge in [0.2, 0.25) is 0 Å². The molecule has 0 saturated carbocycles. The highest BCUT2D eigenvalue weighted by Crippen LogP contribution is 2.32. The summed E-state index contributed by atoms with van der Waals surface area (Å²) in [7, 11) is 0. The van der Waals surface area contributed by atoms with Crippen LogP contribution in [0, 0.1) is 20.8 Å². The number of aldehydes is 1. The van der Waals surface area contributed by atoms with Gasteiger partial charge in [-0.1, -0.05) is 71.3 Å². The molecule has 0 aromatic heterocycles. The van der Waals surface area contributed by atoms with E-state index in [1.54, 1.807) is 6.07 Å². The Balaban J connectivity index is 1.46. The van der Waals surface area contributed by atoms with E-state index in [0.717, 1.165) is 55.0 Å². The zero-order chi connectivity index (χ0) is 26.4. The van der Waals surface area contributed by atoms with Gasteiger partial charge in [0.1, 0.15) is 30.1 Å². The number of hydrogen-bond donors (Lipinski definition) is 0. The summed E-state index contributed by atoms with van der Waals surface area (Å²) in [6, 6.07) is 16.2. The zero-order valence-corrected chi connectivity index (χ0v) is 23.3. The van der Waals surface area contributed by atoms with Gasteiger partial charge in [-0.2, -0.15) is 0 Å². The van der Waals surface area contributed by atoms with Crippen molar-refractivity contribution in [3.63, 3.8) is 0 Å². The first kappa shape index (κ1) is 27.5. The minimum atomic E-state index is -0.626. The zero-order valence-electron chi connectivity index (χ0n) is 21.8. The fourth-order valence-electron chi connectivity index (χ4n) is 4.69. The maximum atomic E-state index is 11.6. The quantitative estimate of drug-likeness (QED) is 0.223. The van der Waals surface area contributed by atoms with E-state index >= 15 is 0 Å². The van der Waals surface area contributed by atoms with E-state index in [2.05, 4.69) is 67.3 Å². The lowest BCUT2D eigenvalue weighted by atomic mass is 9.91. The van der Waals surface area contributed by atoms with Crippen molar-refractivity contribution in [2.45, 2.75) is 33.8 Å². The second-order valence-electron chi connectivity index (χ2n) is 9.54. The largest absolute Gasteiger partial charge is 0.616 e. The van der Waals surface area contributed by atoms with Crippen molar-refractivity contribution in [2.75, 3.05) is 31.1 Å². The Morgan fingerprint density at radius 3 is 2.43 bits per heavy atom. The van der Waals surface area contributed by atoms with Crippen molar-refractivity contribution in [1.82, 2.24) is 4.90 Å². The molecule has 1 aliphatic heterocycles. The Hall–Kier alpha value is -2.57. The minimum Gasteiger partial charge on any atom is -0.616 e. The maximum absolute atomic E-state index is 11.6. The molecule has 6 heteroatoms. The number of aryl methyl sites for hydroxylation is 1. The van der Waals surface area contributed by atoms with Gasteiger partial charge in [-0.3, -0.25) is 9.69 Å². The first-order chi connectivity index (χ1) is 17.9. The predicted octanol–water partition coefficient (Wildman–Crippen LogP) is 6.79. The lowest BCUT2D eigenvalue weighted by Crippen LogP contribution is -2.40. The van der Waals surface area contributed by atoms with E-state index in [0.29, 0.717) is 22.9 Å². The predicted molar refractivity (Wildman–Crippen MR) is 155 cm³/mol. The van der Waals surface area contributed by atoms with Crippen molar-refractivity contribution in [1.29, 1.82) is 0 Å². The van der Waals surface area contributed by atoms with E-state index in [4.69, 9.17) is 16.3 Å². The van der Waals surface area contributed by atoms with Crippen LogP contribution >= 0.6 is 11.6 Å². The van der Waals surface area contributed by atoms with E-state index < -0.39 is 11.2 Å². The number of benzene rings is 3. The molecule has 0 N–H and O–H groups in total. The highest BCUT2D eigenvalue weighted by Gasteiger charge is 2.18. The summed E-state index contributed by atoms with van der Waals surface area (Å²) in [5.74, 6) is 2.18. The van der Waals surface area contributed by atoms with Gasteiger partial charge in [0.25, 0.3) is 0 Å². The monoisotopic (exact) mass is 535 g/mol. The molecule has 3 aromatic carbocycles. The van der Waals surface area contributed by atoms with Crippen molar-refractivity contribution in [3.05, 3.63) is 93.0 Å². The van der Waals surface area contributed by atoms with E-state index in [1.807, 2.05) is 13.0 Å². The van der Waals surface area contributed by atoms with Crippen LogP contribution in [0.2, 0.25) is 5.02 Å². The number of carbonyl (C=O) groups is 1. The molecule has 0 unspecified atom stereocenters. The Morgan fingerprint density at radius 1 is 1.00 bits per heavy atom. The highest BCUT2D eigenvalue weighted by molar-refractivity contribution is 7.91. The van der Waals surface area contributed by atoms with Gasteiger partial charge in [-0.05, 0) is 78.3 Å². The molecule has 0 bridgehead atoms. The van der Waals surface area contributed by atoms with Gasteiger partial charge in [0.15, 0.2) is 0 Å². The standard InChI is InChI=1S/C31H34ClNO3S/c1-22-18-31(30(32)19-27(22)20-34)36-21-26-10-7-12-29(24(26)3)28-11-6-9-25(23(28)2)8-4-5-13-33-14-16-37(35)17-15-33/h4,6-12,18-20H,5,13-17,21H2,1-3H3/b8-4+. The van der Waals surface area contributed by atoms with E-state index in [1.165, 1.54) is 27.8 Å². The van der Waals surface area contributed by atoms with Crippen molar-refractivity contribution in [3.8, 4) is 16.9 Å². The summed E-state index contributed by atoms with van der Waals surface area (Å²) >= 11 is 5.72. The number of hydrogen-bond acceptors (Lipinski definition) is 4. The second kappa shape index (κ2) is 12.8. The molecule has 4 nitrogen and oxygen atoms in total. The normalized spacial score (nSPS) is 14.8. The summed E-state index contributed by atoms with van der Waals surface area (Å²) < 4.78 is 17.6. The molecule has 3 aromatic rings. The van der Waals surface area contributed by atoms with Crippen LogP contribution in [-0.4, -0.2) is 46.9 Å². The molecule has 0 aliphatic carbocycles. The van der Waals surface area contributed by atoms with Crippen LogP contribution in [0.4, 0.5) is 0 Å². The van der Waals surface area contributed by atoms with Crippen LogP contribution in [-0.2, 0) is 17.8 Å². The fourth-order valence-corrected chi connectivity index (χ4v) is 6.04. The molecule has 1 heterocycles. The summed E-state index contributed by atoms with van der Waals surface area (Å²) in [4.78, 5) is 13.6. The minimum absolute atomic E-state index is 0.391. The SMILES string of the molecule is Cc1cc(OCc2cccc(-c3cccc(/C=C/CCN4CC[S+]([O-])CC4)c3C)c2C)c(Cl)cc1C=O. The summed E-state index contributed by atoms with van der Waals surface area (Å²) in [5, 5.41) is 0.437. The van der Waals surface area contributed by atoms with Crippen LogP contribution in [0.15, 0.2) is 54.6 Å². The first-order valence-electron chi connectivity index (χ1n) is 12.7. The van der Waals surface area contributed by atoms with Gasteiger partial charge in [-0.15, -0.1) is 0 Å². The molecule has 4 rings (SSSR count). The summed E-state index contributed by atoms with van der Waals surface area (Å²) in [5.41, 5.74) is 8.54. The number of rotatable bonds is 9. The summed E-state index contributed by atoms with van der Waals surface area (Å²) in [6.07, 6.45) is 6.26. The van der Waals surface area contributed by atoms with Crippen LogP contribution in [0.5, 0.6) is 5.75 Å². The molecule has 1 saturated heterocycles. The van der Waals surface area contributed by atoms with Crippen LogP contribution in [0.1, 0.15) is 44.6 Å². The second-order valence-corrected chi connectivity index (χ2v) is 11.6. The Kier molecular flexibility index (Phi) is 9.49.